The molecule has 108 valence electrons. The van der Waals surface area contributed by atoms with E-state index in [0.717, 1.165) is 18.7 Å². The van der Waals surface area contributed by atoms with Crippen LogP contribution in [0.3, 0.4) is 0 Å². The van der Waals surface area contributed by atoms with Crippen LogP contribution < -0.4 is 9.64 Å². The van der Waals surface area contributed by atoms with Gasteiger partial charge in [-0.15, -0.1) is 0 Å². The average molecular weight is 280 g/mol. The van der Waals surface area contributed by atoms with Crippen LogP contribution >= 0.6 is 0 Å². The summed E-state index contributed by atoms with van der Waals surface area (Å²) in [5.74, 6) is 0.634. The normalized spacial score (nSPS) is 10.0. The lowest BCUT2D eigenvalue weighted by atomic mass is 10.1. The molecule has 0 aliphatic heterocycles. The van der Waals surface area contributed by atoms with E-state index in [1.165, 1.54) is 11.3 Å². The number of aryl methyl sites for hydroxylation is 1. The molecule has 2 aromatic rings. The maximum atomic E-state index is 9.03. The number of anilines is 1. The molecule has 0 aromatic heterocycles. The van der Waals surface area contributed by atoms with Gasteiger partial charge < -0.3 is 9.64 Å². The fraction of sp³-hybridized carbons (Fsp3) is 0.278. The molecule has 3 nitrogen and oxygen atoms in total. The summed E-state index contributed by atoms with van der Waals surface area (Å²) in [7, 11) is 1.59. The second-order valence-corrected chi connectivity index (χ2v) is 5.00. The van der Waals surface area contributed by atoms with Gasteiger partial charge in [0.2, 0.25) is 0 Å². The lowest BCUT2D eigenvalue weighted by Gasteiger charge is -2.23. The number of nitriles is 1. The predicted molar refractivity (Wildman–Crippen MR) is 85.6 cm³/mol. The quantitative estimate of drug-likeness (QED) is 0.833. The molecule has 0 unspecified atom stereocenters. The van der Waals surface area contributed by atoms with Crippen molar-refractivity contribution in [2.75, 3.05) is 18.6 Å². The van der Waals surface area contributed by atoms with Gasteiger partial charge in [0.05, 0.1) is 12.7 Å². The summed E-state index contributed by atoms with van der Waals surface area (Å²) in [4.78, 5) is 2.29. The smallest absolute Gasteiger partial charge is 0.136 e. The maximum absolute atomic E-state index is 9.03. The van der Waals surface area contributed by atoms with Gasteiger partial charge in [-0.1, -0.05) is 23.8 Å². The van der Waals surface area contributed by atoms with E-state index >= 15 is 0 Å². The van der Waals surface area contributed by atoms with Gasteiger partial charge in [0.1, 0.15) is 11.8 Å². The Morgan fingerprint density at radius 3 is 2.43 bits per heavy atom. The number of hydrogen-bond acceptors (Lipinski definition) is 3. The predicted octanol–water partition coefficient (Wildman–Crippen LogP) is 3.90. The molecule has 0 aliphatic carbocycles. The van der Waals surface area contributed by atoms with Crippen LogP contribution in [0, 0.1) is 18.3 Å². The lowest BCUT2D eigenvalue weighted by Crippen LogP contribution is -2.21. The third-order valence-corrected chi connectivity index (χ3v) is 3.54. The van der Waals surface area contributed by atoms with Crippen molar-refractivity contribution in [1.82, 2.24) is 0 Å². The van der Waals surface area contributed by atoms with Crippen LogP contribution in [0.1, 0.15) is 23.6 Å². The van der Waals surface area contributed by atoms with Crippen LogP contribution in [0.15, 0.2) is 42.5 Å². The van der Waals surface area contributed by atoms with Gasteiger partial charge in [0.15, 0.2) is 0 Å². The number of hydrogen-bond donors (Lipinski definition) is 0. The molecule has 0 aliphatic rings. The van der Waals surface area contributed by atoms with Gasteiger partial charge in [0, 0.05) is 18.8 Å². The molecule has 0 N–H and O–H groups in total. The van der Waals surface area contributed by atoms with E-state index in [4.69, 9.17) is 10.00 Å². The first-order valence-corrected chi connectivity index (χ1v) is 7.06. The molecule has 0 spiro atoms. The summed E-state index contributed by atoms with van der Waals surface area (Å²) >= 11 is 0. The van der Waals surface area contributed by atoms with Crippen LogP contribution in [0.4, 0.5) is 5.69 Å². The summed E-state index contributed by atoms with van der Waals surface area (Å²) in [6.07, 6.45) is 0. The van der Waals surface area contributed by atoms with E-state index < -0.39 is 0 Å². The molecule has 0 saturated carbocycles. The van der Waals surface area contributed by atoms with Crippen LogP contribution in [-0.2, 0) is 6.54 Å². The summed E-state index contributed by atoms with van der Waals surface area (Å²) in [5, 5.41) is 9.03. The molecule has 3 heteroatoms. The van der Waals surface area contributed by atoms with Crippen molar-refractivity contribution in [3.05, 3.63) is 59.2 Å². The molecule has 0 amide bonds. The fourth-order valence-electron chi connectivity index (χ4n) is 2.29. The number of methoxy groups -OCH3 is 1. The van der Waals surface area contributed by atoms with Crippen molar-refractivity contribution < 1.29 is 4.74 Å². The Bertz CT molecular complexity index is 641. The molecule has 0 fully saturated rings. The molecule has 0 atom stereocenters. The zero-order valence-corrected chi connectivity index (χ0v) is 12.8. The highest BCUT2D eigenvalue weighted by atomic mass is 16.5. The first kappa shape index (κ1) is 14.9. The van der Waals surface area contributed by atoms with E-state index in [9.17, 15) is 0 Å². The zero-order chi connectivity index (χ0) is 15.2. The molecule has 0 bridgehead atoms. The van der Waals surface area contributed by atoms with Crippen molar-refractivity contribution in [3.8, 4) is 11.8 Å². The van der Waals surface area contributed by atoms with Crippen molar-refractivity contribution in [3.63, 3.8) is 0 Å². The summed E-state index contributed by atoms with van der Waals surface area (Å²) in [5.41, 5.74) is 4.16. The van der Waals surface area contributed by atoms with Crippen molar-refractivity contribution in [2.24, 2.45) is 0 Å². The number of benzene rings is 2. The molecular weight excluding hydrogens is 260 g/mol. The number of nitrogens with zero attached hydrogens (tertiary/aromatic N) is 2. The van der Waals surface area contributed by atoms with Gasteiger partial charge in [-0.3, -0.25) is 0 Å². The minimum Gasteiger partial charge on any atom is -0.495 e. The monoisotopic (exact) mass is 280 g/mol. The molecule has 2 rings (SSSR count). The second kappa shape index (κ2) is 6.81. The Kier molecular flexibility index (Phi) is 4.84. The zero-order valence-electron chi connectivity index (χ0n) is 12.8. The average Bonchev–Trinajstić information content (AvgIpc) is 2.53. The Balaban J connectivity index is 2.22. The van der Waals surface area contributed by atoms with Gasteiger partial charge in [0.25, 0.3) is 0 Å². The third-order valence-electron chi connectivity index (χ3n) is 3.54. The van der Waals surface area contributed by atoms with Gasteiger partial charge >= 0.3 is 0 Å². The number of ether oxygens (including phenoxy) is 1. The summed E-state index contributed by atoms with van der Waals surface area (Å²) < 4.78 is 5.27. The van der Waals surface area contributed by atoms with E-state index in [1.807, 2.05) is 18.2 Å². The topological polar surface area (TPSA) is 36.3 Å². The standard InChI is InChI=1S/C18H20N2O/c1-4-20(17-9-5-14(2)6-10-17)13-15-7-8-16(12-19)18(11-15)21-3/h5-11H,4,13H2,1-3H3. The van der Waals surface area contributed by atoms with Crippen molar-refractivity contribution in [1.29, 1.82) is 5.26 Å². The first-order valence-electron chi connectivity index (χ1n) is 7.06. The van der Waals surface area contributed by atoms with Gasteiger partial charge in [-0.05, 0) is 43.7 Å². The fourth-order valence-corrected chi connectivity index (χ4v) is 2.29. The van der Waals surface area contributed by atoms with Crippen molar-refractivity contribution in [2.45, 2.75) is 20.4 Å². The van der Waals surface area contributed by atoms with Crippen LogP contribution in [0.5, 0.6) is 5.75 Å². The van der Waals surface area contributed by atoms with Gasteiger partial charge in [-0.25, -0.2) is 0 Å². The molecule has 2 aromatic carbocycles. The molecule has 0 radical (unpaired) electrons. The van der Waals surface area contributed by atoms with Crippen LogP contribution in [0.25, 0.3) is 0 Å². The third kappa shape index (κ3) is 3.55. The largest absolute Gasteiger partial charge is 0.495 e. The minimum absolute atomic E-state index is 0.569. The van der Waals surface area contributed by atoms with E-state index in [-0.39, 0.29) is 0 Å². The Morgan fingerprint density at radius 1 is 1.14 bits per heavy atom. The highest BCUT2D eigenvalue weighted by molar-refractivity contribution is 5.50. The molecule has 0 saturated heterocycles. The number of rotatable bonds is 5. The Morgan fingerprint density at radius 2 is 1.86 bits per heavy atom. The molecule has 0 heterocycles. The first-order chi connectivity index (χ1) is 10.2. The minimum atomic E-state index is 0.569. The summed E-state index contributed by atoms with van der Waals surface area (Å²) in [6, 6.07) is 16.4. The lowest BCUT2D eigenvalue weighted by molar-refractivity contribution is 0.413. The highest BCUT2D eigenvalue weighted by Gasteiger charge is 2.08. The van der Waals surface area contributed by atoms with E-state index in [2.05, 4.69) is 49.1 Å². The van der Waals surface area contributed by atoms with E-state index in [0.29, 0.717) is 11.3 Å². The van der Waals surface area contributed by atoms with E-state index in [1.54, 1.807) is 7.11 Å². The Labute approximate surface area is 126 Å². The van der Waals surface area contributed by atoms with Crippen LogP contribution in [0.2, 0.25) is 0 Å². The van der Waals surface area contributed by atoms with Gasteiger partial charge in [-0.2, -0.15) is 5.26 Å². The highest BCUT2D eigenvalue weighted by Crippen LogP contribution is 2.22. The molecular formula is C18H20N2O. The summed E-state index contributed by atoms with van der Waals surface area (Å²) in [6.45, 7) is 5.94. The Hall–Kier alpha value is -2.47. The maximum Gasteiger partial charge on any atom is 0.136 e. The molecule has 21 heavy (non-hydrogen) atoms. The van der Waals surface area contributed by atoms with Crippen LogP contribution in [-0.4, -0.2) is 13.7 Å². The van der Waals surface area contributed by atoms with Crippen molar-refractivity contribution >= 4 is 5.69 Å². The SMILES string of the molecule is CCN(Cc1ccc(C#N)c(OC)c1)c1ccc(C)cc1. The second-order valence-electron chi connectivity index (χ2n) is 5.00.